The zero-order valence-corrected chi connectivity index (χ0v) is 15.6. The van der Waals surface area contributed by atoms with Gasteiger partial charge in [-0.1, -0.05) is 17.3 Å². The van der Waals surface area contributed by atoms with Crippen molar-refractivity contribution in [2.45, 2.75) is 13.5 Å². The highest BCUT2D eigenvalue weighted by Gasteiger charge is 2.24. The van der Waals surface area contributed by atoms with Crippen LogP contribution in [0.2, 0.25) is 0 Å². The highest BCUT2D eigenvalue weighted by atomic mass is 19.1. The molecule has 4 rings (SSSR count). The molecule has 2 amide bonds. The fraction of sp³-hybridized carbons (Fsp3) is 0.190. The van der Waals surface area contributed by atoms with Crippen LogP contribution in [0.1, 0.15) is 21.7 Å². The summed E-state index contributed by atoms with van der Waals surface area (Å²) in [5, 5.41) is 6.80. The van der Waals surface area contributed by atoms with E-state index in [1.165, 1.54) is 12.1 Å². The monoisotopic (exact) mass is 395 g/mol. The number of nitrogens with one attached hydrogen (secondary N) is 1. The minimum absolute atomic E-state index is 0.253. The molecule has 1 saturated heterocycles. The molecule has 29 heavy (non-hydrogen) atoms. The van der Waals surface area contributed by atoms with Gasteiger partial charge >= 0.3 is 6.09 Å². The molecule has 7 nitrogen and oxygen atoms in total. The van der Waals surface area contributed by atoms with Crippen LogP contribution in [0.5, 0.6) is 0 Å². The molecule has 1 N–H and O–H groups in total. The van der Waals surface area contributed by atoms with E-state index in [0.29, 0.717) is 41.4 Å². The van der Waals surface area contributed by atoms with E-state index < -0.39 is 0 Å². The van der Waals surface area contributed by atoms with Gasteiger partial charge in [0, 0.05) is 17.8 Å². The molecule has 2 aromatic carbocycles. The van der Waals surface area contributed by atoms with E-state index in [-0.39, 0.29) is 24.4 Å². The van der Waals surface area contributed by atoms with Crippen molar-refractivity contribution in [2.75, 3.05) is 18.1 Å². The third-order valence-corrected chi connectivity index (χ3v) is 4.64. The minimum atomic E-state index is -0.379. The Hall–Kier alpha value is -3.68. The Labute approximate surface area is 166 Å². The molecule has 1 aliphatic heterocycles. The summed E-state index contributed by atoms with van der Waals surface area (Å²) in [7, 11) is 0. The number of aromatic nitrogens is 1. The molecule has 0 radical (unpaired) electrons. The van der Waals surface area contributed by atoms with Crippen molar-refractivity contribution in [1.29, 1.82) is 0 Å². The maximum atomic E-state index is 13.2. The number of nitrogens with zero attached hydrogens (tertiary/aromatic N) is 2. The van der Waals surface area contributed by atoms with E-state index in [2.05, 4.69) is 10.5 Å². The highest BCUT2D eigenvalue weighted by Crippen LogP contribution is 2.26. The van der Waals surface area contributed by atoms with Crippen molar-refractivity contribution in [1.82, 2.24) is 10.5 Å². The second-order valence-electron chi connectivity index (χ2n) is 6.59. The Morgan fingerprint density at radius 1 is 1.24 bits per heavy atom. The number of rotatable bonds is 5. The van der Waals surface area contributed by atoms with Gasteiger partial charge in [-0.3, -0.25) is 9.69 Å². The van der Waals surface area contributed by atoms with Gasteiger partial charge in [0.15, 0.2) is 0 Å². The van der Waals surface area contributed by atoms with Crippen LogP contribution in [0.4, 0.5) is 14.9 Å². The van der Waals surface area contributed by atoms with Crippen LogP contribution in [0, 0.1) is 12.7 Å². The lowest BCUT2D eigenvalue weighted by Crippen LogP contribution is -2.25. The van der Waals surface area contributed by atoms with Crippen LogP contribution in [-0.2, 0) is 11.3 Å². The Morgan fingerprint density at radius 2 is 2.03 bits per heavy atom. The molecule has 1 aromatic heterocycles. The topological polar surface area (TPSA) is 84.7 Å². The molecule has 148 valence electrons. The first-order valence-electron chi connectivity index (χ1n) is 9.06. The first-order chi connectivity index (χ1) is 14.0. The summed E-state index contributed by atoms with van der Waals surface area (Å²) >= 11 is 0. The number of hydrogen-bond acceptors (Lipinski definition) is 5. The maximum Gasteiger partial charge on any atom is 0.414 e. The fourth-order valence-corrected chi connectivity index (χ4v) is 3.18. The minimum Gasteiger partial charge on any atom is -0.447 e. The molecule has 2 heterocycles. The van der Waals surface area contributed by atoms with Crippen LogP contribution in [0.3, 0.4) is 0 Å². The number of hydrogen-bond donors (Lipinski definition) is 1. The molecule has 8 heteroatoms. The first kappa shape index (κ1) is 18.7. The van der Waals surface area contributed by atoms with Crippen LogP contribution in [-0.4, -0.2) is 30.3 Å². The lowest BCUT2D eigenvalue weighted by molar-refractivity contribution is 0.0950. The zero-order chi connectivity index (χ0) is 20.4. The lowest BCUT2D eigenvalue weighted by Gasteiger charge is -2.14. The number of amides is 2. The number of carbonyl (C=O) groups is 2. The molecular weight excluding hydrogens is 377 g/mol. The summed E-state index contributed by atoms with van der Waals surface area (Å²) in [6.45, 7) is 2.76. The second kappa shape index (κ2) is 7.75. The predicted molar refractivity (Wildman–Crippen MR) is 103 cm³/mol. The average Bonchev–Trinajstić information content (AvgIpc) is 3.32. The fourth-order valence-electron chi connectivity index (χ4n) is 3.18. The van der Waals surface area contributed by atoms with Gasteiger partial charge in [0.2, 0.25) is 0 Å². The third-order valence-electron chi connectivity index (χ3n) is 4.64. The Balaban J connectivity index is 1.50. The van der Waals surface area contributed by atoms with Crippen molar-refractivity contribution >= 4 is 17.7 Å². The number of anilines is 1. The average molecular weight is 395 g/mol. The highest BCUT2D eigenvalue weighted by molar-refractivity contribution is 6.00. The number of cyclic esters (lactones) is 1. The maximum absolute atomic E-state index is 13.2. The van der Waals surface area contributed by atoms with Gasteiger partial charge in [0.1, 0.15) is 29.4 Å². The Bertz CT molecular complexity index is 1060. The summed E-state index contributed by atoms with van der Waals surface area (Å²) in [6.07, 6.45) is -0.379. The third kappa shape index (κ3) is 3.82. The molecule has 0 bridgehead atoms. The second-order valence-corrected chi connectivity index (χ2v) is 6.59. The zero-order valence-electron chi connectivity index (χ0n) is 15.6. The van der Waals surface area contributed by atoms with Gasteiger partial charge in [0.05, 0.1) is 6.54 Å². The quantitative estimate of drug-likeness (QED) is 0.712. The van der Waals surface area contributed by atoms with Gasteiger partial charge in [-0.2, -0.15) is 0 Å². The van der Waals surface area contributed by atoms with Crippen LogP contribution < -0.4 is 10.2 Å². The van der Waals surface area contributed by atoms with Crippen molar-refractivity contribution in [3.63, 3.8) is 0 Å². The summed E-state index contributed by atoms with van der Waals surface area (Å²) < 4.78 is 23.3. The molecule has 0 aliphatic carbocycles. The van der Waals surface area contributed by atoms with Gasteiger partial charge in [-0.15, -0.1) is 0 Å². The summed E-state index contributed by atoms with van der Waals surface area (Å²) in [4.78, 5) is 26.1. The molecule has 1 fully saturated rings. The van der Waals surface area contributed by atoms with Crippen LogP contribution in [0.25, 0.3) is 11.3 Å². The van der Waals surface area contributed by atoms with E-state index in [0.717, 1.165) is 5.56 Å². The standard InChI is InChI=1S/C21H18FN3O4/c1-13-18(19(24-29-13)15-5-7-16(22)8-6-15)20(26)23-12-14-3-2-4-17(11-14)25-9-10-28-21(25)27/h2-8,11H,9-10,12H2,1H3,(H,23,26). The van der Waals surface area contributed by atoms with Crippen LogP contribution >= 0.6 is 0 Å². The normalized spacial score (nSPS) is 13.4. The van der Waals surface area contributed by atoms with Gasteiger partial charge in [0.25, 0.3) is 5.91 Å². The Kier molecular flexibility index (Phi) is 4.99. The number of benzene rings is 2. The summed E-state index contributed by atoms with van der Waals surface area (Å²) in [5.41, 5.74) is 2.78. The number of halogens is 1. The van der Waals surface area contributed by atoms with Gasteiger partial charge in [-0.25, -0.2) is 9.18 Å². The largest absolute Gasteiger partial charge is 0.447 e. The van der Waals surface area contributed by atoms with Gasteiger partial charge in [-0.05, 0) is 48.9 Å². The van der Waals surface area contributed by atoms with Crippen molar-refractivity contribution in [3.05, 3.63) is 71.2 Å². The van der Waals surface area contributed by atoms with E-state index in [9.17, 15) is 14.0 Å². The molecule has 0 unspecified atom stereocenters. The molecular formula is C21H18FN3O4. The molecule has 1 aliphatic rings. The molecule has 3 aromatic rings. The molecule has 0 saturated carbocycles. The SMILES string of the molecule is Cc1onc(-c2ccc(F)cc2)c1C(=O)NCc1cccc(N2CCOC2=O)c1. The van der Waals surface area contributed by atoms with E-state index >= 15 is 0 Å². The summed E-state index contributed by atoms with van der Waals surface area (Å²) in [5.74, 6) is -0.355. The number of carbonyl (C=O) groups excluding carboxylic acids is 2. The smallest absolute Gasteiger partial charge is 0.414 e. The van der Waals surface area contributed by atoms with Crippen molar-refractivity contribution in [2.24, 2.45) is 0 Å². The van der Waals surface area contributed by atoms with Gasteiger partial charge < -0.3 is 14.6 Å². The first-order valence-corrected chi connectivity index (χ1v) is 9.06. The van der Waals surface area contributed by atoms with Crippen molar-refractivity contribution < 1.29 is 23.2 Å². The molecule has 0 atom stereocenters. The van der Waals surface area contributed by atoms with Crippen molar-refractivity contribution in [3.8, 4) is 11.3 Å². The number of ether oxygens (including phenoxy) is 1. The number of aryl methyl sites for hydroxylation is 1. The Morgan fingerprint density at radius 3 is 2.76 bits per heavy atom. The molecule has 0 spiro atoms. The summed E-state index contributed by atoms with van der Waals surface area (Å²) in [6, 6.07) is 13.0. The van der Waals surface area contributed by atoms with Crippen LogP contribution in [0.15, 0.2) is 53.1 Å². The lowest BCUT2D eigenvalue weighted by atomic mass is 10.1. The van der Waals surface area contributed by atoms with E-state index in [1.807, 2.05) is 24.3 Å². The van der Waals surface area contributed by atoms with E-state index in [4.69, 9.17) is 9.26 Å². The van der Waals surface area contributed by atoms with E-state index in [1.54, 1.807) is 24.0 Å². The predicted octanol–water partition coefficient (Wildman–Crippen LogP) is 3.68.